The summed E-state index contributed by atoms with van der Waals surface area (Å²) in [6.45, 7) is 0. The molecule has 3 atom stereocenters. The minimum absolute atomic E-state index is 0.162. The highest BCUT2D eigenvalue weighted by molar-refractivity contribution is 7.55. The Balaban J connectivity index is 2.22. The lowest BCUT2D eigenvalue weighted by Crippen LogP contribution is -2.28. The predicted molar refractivity (Wildman–Crippen MR) is 68.8 cm³/mol. The standard InChI is InChI=1S/C13H17F2O3P/c1-17-19(16,13-9-5-3-7-11(13)15)18-12-8-4-2-6-10(12)14/h2,4,6,8,11,13H,3,5,7,9H2,1H3. The maximum atomic E-state index is 13.9. The Hall–Kier alpha value is -0.930. The van der Waals surface area contributed by atoms with Crippen molar-refractivity contribution in [3.8, 4) is 5.75 Å². The number of hydrogen-bond acceptors (Lipinski definition) is 3. The molecule has 1 aliphatic carbocycles. The van der Waals surface area contributed by atoms with Gasteiger partial charge in [0.15, 0.2) is 11.6 Å². The molecule has 0 aliphatic heterocycles. The Labute approximate surface area is 111 Å². The molecule has 1 fully saturated rings. The molecule has 3 unspecified atom stereocenters. The van der Waals surface area contributed by atoms with Crippen LogP contribution in [0.15, 0.2) is 24.3 Å². The molecule has 2 rings (SSSR count). The van der Waals surface area contributed by atoms with Crippen LogP contribution in [-0.2, 0) is 9.09 Å². The first-order valence-electron chi connectivity index (χ1n) is 6.30. The van der Waals surface area contributed by atoms with Gasteiger partial charge < -0.3 is 9.05 Å². The fourth-order valence-corrected chi connectivity index (χ4v) is 4.27. The van der Waals surface area contributed by atoms with Gasteiger partial charge in [0.2, 0.25) is 0 Å². The van der Waals surface area contributed by atoms with E-state index >= 15 is 0 Å². The van der Waals surface area contributed by atoms with Crippen molar-refractivity contribution < 1.29 is 22.4 Å². The molecule has 0 amide bonds. The number of alkyl halides is 1. The molecule has 19 heavy (non-hydrogen) atoms. The Morgan fingerprint density at radius 1 is 1.26 bits per heavy atom. The normalized spacial score (nSPS) is 26.7. The second-order valence-electron chi connectivity index (χ2n) is 4.61. The largest absolute Gasteiger partial charge is 0.421 e. The van der Waals surface area contributed by atoms with Gasteiger partial charge in [-0.1, -0.05) is 25.0 Å². The zero-order valence-electron chi connectivity index (χ0n) is 10.7. The van der Waals surface area contributed by atoms with E-state index in [0.29, 0.717) is 12.8 Å². The lowest BCUT2D eigenvalue weighted by molar-refractivity contribution is 0.216. The van der Waals surface area contributed by atoms with Crippen LogP contribution in [0.2, 0.25) is 0 Å². The first-order chi connectivity index (χ1) is 9.07. The molecule has 1 aliphatic rings. The molecule has 6 heteroatoms. The van der Waals surface area contributed by atoms with E-state index in [0.717, 1.165) is 12.8 Å². The molecule has 0 saturated heterocycles. The van der Waals surface area contributed by atoms with Gasteiger partial charge in [0.05, 0.1) is 0 Å². The number of halogens is 2. The van der Waals surface area contributed by atoms with Crippen molar-refractivity contribution in [2.24, 2.45) is 0 Å². The van der Waals surface area contributed by atoms with Crippen LogP contribution >= 0.6 is 7.60 Å². The zero-order chi connectivity index (χ0) is 13.9. The van der Waals surface area contributed by atoms with Crippen LogP contribution in [0.3, 0.4) is 0 Å². The molecule has 0 aromatic heterocycles. The van der Waals surface area contributed by atoms with Crippen LogP contribution in [-0.4, -0.2) is 18.9 Å². The van der Waals surface area contributed by atoms with E-state index in [1.54, 1.807) is 6.07 Å². The molecule has 0 heterocycles. The van der Waals surface area contributed by atoms with Crippen LogP contribution in [0.5, 0.6) is 5.75 Å². The van der Waals surface area contributed by atoms with E-state index in [4.69, 9.17) is 9.05 Å². The van der Waals surface area contributed by atoms with Gasteiger partial charge in [-0.2, -0.15) is 0 Å². The lowest BCUT2D eigenvalue weighted by atomic mass is 9.98. The third kappa shape index (κ3) is 3.15. The number of para-hydroxylation sites is 1. The Bertz CT molecular complexity index is 481. The molecule has 1 aromatic carbocycles. The van der Waals surface area contributed by atoms with Gasteiger partial charge in [0, 0.05) is 7.11 Å². The van der Waals surface area contributed by atoms with E-state index in [1.807, 2.05) is 0 Å². The lowest BCUT2D eigenvalue weighted by Gasteiger charge is -2.31. The zero-order valence-corrected chi connectivity index (χ0v) is 11.6. The predicted octanol–water partition coefficient (Wildman–Crippen LogP) is 4.32. The van der Waals surface area contributed by atoms with E-state index < -0.39 is 25.2 Å². The van der Waals surface area contributed by atoms with E-state index in [9.17, 15) is 13.3 Å². The highest BCUT2D eigenvalue weighted by Crippen LogP contribution is 2.57. The van der Waals surface area contributed by atoms with Gasteiger partial charge in [-0.05, 0) is 25.0 Å². The van der Waals surface area contributed by atoms with Gasteiger partial charge in [0.25, 0.3) is 0 Å². The summed E-state index contributed by atoms with van der Waals surface area (Å²) in [6.07, 6.45) is 1.09. The Kier molecular flexibility index (Phi) is 4.58. The number of hydrogen-bond donors (Lipinski definition) is 0. The van der Waals surface area contributed by atoms with Gasteiger partial charge in [-0.3, -0.25) is 0 Å². The van der Waals surface area contributed by atoms with Crippen molar-refractivity contribution >= 4 is 7.60 Å². The number of rotatable bonds is 4. The van der Waals surface area contributed by atoms with Crippen LogP contribution in [0.25, 0.3) is 0 Å². The third-order valence-corrected chi connectivity index (χ3v) is 5.72. The summed E-state index contributed by atoms with van der Waals surface area (Å²) >= 11 is 0. The van der Waals surface area contributed by atoms with Crippen molar-refractivity contribution in [3.05, 3.63) is 30.1 Å². The van der Waals surface area contributed by atoms with Crippen LogP contribution in [0.4, 0.5) is 8.78 Å². The monoisotopic (exact) mass is 290 g/mol. The molecule has 3 nitrogen and oxygen atoms in total. The van der Waals surface area contributed by atoms with Gasteiger partial charge in [0.1, 0.15) is 11.8 Å². The molecular formula is C13H17F2O3P. The fourth-order valence-electron chi connectivity index (χ4n) is 2.32. The minimum atomic E-state index is -3.70. The van der Waals surface area contributed by atoms with Crippen molar-refractivity contribution in [1.82, 2.24) is 0 Å². The van der Waals surface area contributed by atoms with E-state index in [-0.39, 0.29) is 5.75 Å². The van der Waals surface area contributed by atoms with Crippen LogP contribution < -0.4 is 4.52 Å². The smallest absolute Gasteiger partial charge is 0.385 e. The van der Waals surface area contributed by atoms with Crippen molar-refractivity contribution in [3.63, 3.8) is 0 Å². The molecule has 1 saturated carbocycles. The van der Waals surface area contributed by atoms with Crippen molar-refractivity contribution in [1.29, 1.82) is 0 Å². The van der Waals surface area contributed by atoms with E-state index in [1.165, 1.54) is 25.3 Å². The minimum Gasteiger partial charge on any atom is -0.421 e. The Morgan fingerprint density at radius 2 is 1.95 bits per heavy atom. The van der Waals surface area contributed by atoms with Crippen LogP contribution in [0.1, 0.15) is 25.7 Å². The summed E-state index contributed by atoms with van der Waals surface area (Å²) in [6, 6.07) is 5.62. The fraction of sp³-hybridized carbons (Fsp3) is 0.538. The SMILES string of the molecule is COP(=O)(Oc1ccccc1F)C1CCCCC1F. The third-order valence-electron chi connectivity index (χ3n) is 3.37. The topological polar surface area (TPSA) is 35.5 Å². The first kappa shape index (κ1) is 14.5. The second-order valence-corrected chi connectivity index (χ2v) is 6.90. The average molecular weight is 290 g/mol. The summed E-state index contributed by atoms with van der Waals surface area (Å²) in [5.41, 5.74) is -0.814. The molecule has 0 N–H and O–H groups in total. The average Bonchev–Trinajstić information content (AvgIpc) is 2.42. The quantitative estimate of drug-likeness (QED) is 0.774. The second kappa shape index (κ2) is 6.02. The molecule has 1 aromatic rings. The molecule has 0 bridgehead atoms. The summed E-state index contributed by atoms with van der Waals surface area (Å²) in [5, 5.41) is 0. The summed E-state index contributed by atoms with van der Waals surface area (Å²) < 4.78 is 50.2. The molecule has 0 spiro atoms. The summed E-state index contributed by atoms with van der Waals surface area (Å²) in [4.78, 5) is 0. The number of benzene rings is 1. The molecule has 0 radical (unpaired) electrons. The maximum Gasteiger partial charge on any atom is 0.385 e. The highest BCUT2D eigenvalue weighted by atomic mass is 31.2. The van der Waals surface area contributed by atoms with Crippen molar-refractivity contribution in [2.75, 3.05) is 7.11 Å². The van der Waals surface area contributed by atoms with Gasteiger partial charge in [-0.15, -0.1) is 0 Å². The summed E-state index contributed by atoms with van der Waals surface area (Å²) in [5.74, 6) is -0.795. The Morgan fingerprint density at radius 3 is 2.58 bits per heavy atom. The first-order valence-corrected chi connectivity index (χ1v) is 7.91. The summed E-state index contributed by atoms with van der Waals surface area (Å²) in [7, 11) is -2.48. The van der Waals surface area contributed by atoms with Crippen LogP contribution in [0, 0.1) is 5.82 Å². The van der Waals surface area contributed by atoms with Crippen molar-refractivity contribution in [2.45, 2.75) is 37.5 Å². The maximum absolute atomic E-state index is 13.9. The van der Waals surface area contributed by atoms with Gasteiger partial charge in [-0.25, -0.2) is 13.3 Å². The van der Waals surface area contributed by atoms with E-state index in [2.05, 4.69) is 0 Å². The molecule has 106 valence electrons. The van der Waals surface area contributed by atoms with Gasteiger partial charge >= 0.3 is 7.60 Å². The molecular weight excluding hydrogens is 273 g/mol. The highest BCUT2D eigenvalue weighted by Gasteiger charge is 2.43.